The zero-order valence-corrected chi connectivity index (χ0v) is 11.0. The highest BCUT2D eigenvalue weighted by Gasteiger charge is 2.33. The Hall–Kier alpha value is -1.88. The topological polar surface area (TPSA) is 41.4 Å². The van der Waals surface area contributed by atoms with Crippen LogP contribution in [-0.4, -0.2) is 28.0 Å². The second-order valence-electron chi connectivity index (χ2n) is 4.64. The van der Waals surface area contributed by atoms with E-state index in [1.165, 1.54) is 16.2 Å². The summed E-state index contributed by atoms with van der Waals surface area (Å²) in [4.78, 5) is 9.77. The van der Waals surface area contributed by atoms with Gasteiger partial charge in [-0.25, -0.2) is 9.99 Å². The highest BCUT2D eigenvalue weighted by molar-refractivity contribution is 7.99. The molecule has 0 saturated carbocycles. The third-order valence-electron chi connectivity index (χ3n) is 3.43. The van der Waals surface area contributed by atoms with E-state index in [9.17, 15) is 0 Å². The van der Waals surface area contributed by atoms with Crippen molar-refractivity contribution in [3.8, 4) is 0 Å². The standard InChI is InChI=1S/C14H12N4S/c1-2-4-12-11(3-1)14-10(9-19-12)8-18(17-14)13-7-15-5-6-16-13/h1-7,10H,8-9H2. The summed E-state index contributed by atoms with van der Waals surface area (Å²) in [5.41, 5.74) is 2.47. The summed E-state index contributed by atoms with van der Waals surface area (Å²) in [5, 5.41) is 6.72. The van der Waals surface area contributed by atoms with E-state index in [1.807, 2.05) is 16.8 Å². The van der Waals surface area contributed by atoms with Crippen LogP contribution in [0.2, 0.25) is 0 Å². The first kappa shape index (κ1) is 11.0. The molecule has 2 aliphatic heterocycles. The Morgan fingerprint density at radius 2 is 2.16 bits per heavy atom. The minimum atomic E-state index is 0.488. The Labute approximate surface area is 115 Å². The predicted octanol–water partition coefficient (Wildman–Crippen LogP) is 2.42. The molecule has 2 aliphatic rings. The Balaban J connectivity index is 1.75. The number of aromatic nitrogens is 2. The van der Waals surface area contributed by atoms with Crippen molar-refractivity contribution in [2.75, 3.05) is 17.3 Å². The lowest BCUT2D eigenvalue weighted by molar-refractivity contribution is 0.769. The number of anilines is 1. The molecule has 0 aliphatic carbocycles. The number of hydrazone groups is 1. The van der Waals surface area contributed by atoms with Gasteiger partial charge in [0.15, 0.2) is 5.82 Å². The van der Waals surface area contributed by atoms with Crippen molar-refractivity contribution in [2.45, 2.75) is 4.90 Å². The lowest BCUT2D eigenvalue weighted by Crippen LogP contribution is -2.24. The van der Waals surface area contributed by atoms with Crippen LogP contribution in [0.4, 0.5) is 5.82 Å². The fourth-order valence-corrected chi connectivity index (χ4v) is 3.66. The van der Waals surface area contributed by atoms with Gasteiger partial charge < -0.3 is 0 Å². The second-order valence-corrected chi connectivity index (χ2v) is 5.70. The number of benzene rings is 1. The molecule has 0 saturated heterocycles. The summed E-state index contributed by atoms with van der Waals surface area (Å²) in [6, 6.07) is 8.49. The van der Waals surface area contributed by atoms with E-state index in [4.69, 9.17) is 5.10 Å². The SMILES string of the molecule is c1ccc2c(c1)SCC1CN(c3cnccn3)N=C21. The Morgan fingerprint density at radius 1 is 1.21 bits per heavy atom. The summed E-state index contributed by atoms with van der Waals surface area (Å²) >= 11 is 1.92. The van der Waals surface area contributed by atoms with Crippen molar-refractivity contribution in [3.63, 3.8) is 0 Å². The number of hydrogen-bond donors (Lipinski definition) is 0. The highest BCUT2D eigenvalue weighted by atomic mass is 32.2. The predicted molar refractivity (Wildman–Crippen MR) is 76.6 cm³/mol. The monoisotopic (exact) mass is 268 g/mol. The molecule has 19 heavy (non-hydrogen) atoms. The van der Waals surface area contributed by atoms with Crippen LogP contribution < -0.4 is 5.01 Å². The van der Waals surface area contributed by atoms with E-state index >= 15 is 0 Å². The first-order valence-corrected chi connectivity index (χ1v) is 7.24. The molecular formula is C14H12N4S. The van der Waals surface area contributed by atoms with Crippen LogP contribution in [0, 0.1) is 5.92 Å². The van der Waals surface area contributed by atoms with Gasteiger partial charge in [0.2, 0.25) is 0 Å². The van der Waals surface area contributed by atoms with Crippen LogP contribution in [0.5, 0.6) is 0 Å². The van der Waals surface area contributed by atoms with Gasteiger partial charge in [-0.15, -0.1) is 11.8 Å². The molecule has 4 nitrogen and oxygen atoms in total. The first-order chi connectivity index (χ1) is 9.42. The molecule has 94 valence electrons. The largest absolute Gasteiger partial charge is 0.259 e. The van der Waals surface area contributed by atoms with Crippen LogP contribution in [0.25, 0.3) is 0 Å². The zero-order valence-electron chi connectivity index (χ0n) is 10.2. The van der Waals surface area contributed by atoms with Crippen molar-refractivity contribution in [1.29, 1.82) is 0 Å². The maximum Gasteiger partial charge on any atom is 0.167 e. The van der Waals surface area contributed by atoms with Gasteiger partial charge >= 0.3 is 0 Å². The van der Waals surface area contributed by atoms with E-state index in [1.54, 1.807) is 18.6 Å². The van der Waals surface area contributed by atoms with Gasteiger partial charge in [-0.05, 0) is 6.07 Å². The molecule has 5 heteroatoms. The number of nitrogens with zero attached hydrogens (tertiary/aromatic N) is 4. The summed E-state index contributed by atoms with van der Waals surface area (Å²) in [5.74, 6) is 2.40. The summed E-state index contributed by atoms with van der Waals surface area (Å²) in [6.45, 7) is 0.898. The van der Waals surface area contributed by atoms with Gasteiger partial charge in [-0.2, -0.15) is 5.10 Å². The van der Waals surface area contributed by atoms with Crippen LogP contribution in [0.1, 0.15) is 5.56 Å². The fraction of sp³-hybridized carbons (Fsp3) is 0.214. The molecule has 0 spiro atoms. The van der Waals surface area contributed by atoms with Gasteiger partial charge in [0.25, 0.3) is 0 Å². The number of fused-ring (bicyclic) bond motifs is 3. The van der Waals surface area contributed by atoms with Crippen LogP contribution in [-0.2, 0) is 0 Å². The van der Waals surface area contributed by atoms with E-state index in [0.29, 0.717) is 5.92 Å². The number of rotatable bonds is 1. The molecule has 1 atom stereocenters. The van der Waals surface area contributed by atoms with E-state index in [2.05, 4.69) is 34.2 Å². The molecule has 2 aromatic rings. The molecule has 1 aromatic carbocycles. The quantitative estimate of drug-likeness (QED) is 0.796. The van der Waals surface area contributed by atoms with Crippen molar-refractivity contribution in [2.24, 2.45) is 11.0 Å². The summed E-state index contributed by atoms with van der Waals surface area (Å²) in [7, 11) is 0. The molecule has 0 N–H and O–H groups in total. The summed E-state index contributed by atoms with van der Waals surface area (Å²) in [6.07, 6.45) is 5.16. The van der Waals surface area contributed by atoms with Crippen molar-refractivity contribution in [3.05, 3.63) is 48.4 Å². The Morgan fingerprint density at radius 3 is 3.05 bits per heavy atom. The smallest absolute Gasteiger partial charge is 0.167 e. The third kappa shape index (κ3) is 1.81. The zero-order chi connectivity index (χ0) is 12.7. The minimum absolute atomic E-state index is 0.488. The Kier molecular flexibility index (Phi) is 2.51. The van der Waals surface area contributed by atoms with Crippen LogP contribution in [0.15, 0.2) is 52.9 Å². The third-order valence-corrected chi connectivity index (χ3v) is 4.66. The fourth-order valence-electron chi connectivity index (χ4n) is 2.52. The number of hydrogen-bond acceptors (Lipinski definition) is 5. The summed E-state index contributed by atoms with van der Waals surface area (Å²) < 4.78 is 0. The van der Waals surface area contributed by atoms with Gasteiger partial charge in [-0.1, -0.05) is 18.2 Å². The Bertz CT molecular complexity index is 641. The first-order valence-electron chi connectivity index (χ1n) is 6.26. The second kappa shape index (κ2) is 4.35. The average molecular weight is 268 g/mol. The van der Waals surface area contributed by atoms with Crippen molar-refractivity contribution in [1.82, 2.24) is 9.97 Å². The average Bonchev–Trinajstić information content (AvgIpc) is 2.93. The molecule has 4 rings (SSSR count). The van der Waals surface area contributed by atoms with Gasteiger partial charge in [0.1, 0.15) is 0 Å². The minimum Gasteiger partial charge on any atom is -0.259 e. The molecular weight excluding hydrogens is 256 g/mol. The van der Waals surface area contributed by atoms with Crippen molar-refractivity contribution >= 4 is 23.3 Å². The molecule has 0 fully saturated rings. The van der Waals surface area contributed by atoms with Gasteiger partial charge in [-0.3, -0.25) is 4.98 Å². The molecule has 0 bridgehead atoms. The van der Waals surface area contributed by atoms with Crippen LogP contribution >= 0.6 is 11.8 Å². The van der Waals surface area contributed by atoms with Gasteiger partial charge in [0, 0.05) is 34.5 Å². The molecule has 0 radical (unpaired) electrons. The van der Waals surface area contributed by atoms with Gasteiger partial charge in [0.05, 0.1) is 18.5 Å². The van der Waals surface area contributed by atoms with Crippen molar-refractivity contribution < 1.29 is 0 Å². The molecule has 0 amide bonds. The van der Waals surface area contributed by atoms with E-state index < -0.39 is 0 Å². The molecule has 3 heterocycles. The highest BCUT2D eigenvalue weighted by Crippen LogP contribution is 2.36. The van der Waals surface area contributed by atoms with Crippen LogP contribution in [0.3, 0.4) is 0 Å². The van der Waals surface area contributed by atoms with E-state index in [0.717, 1.165) is 18.1 Å². The lowest BCUT2D eigenvalue weighted by Gasteiger charge is -2.20. The molecule has 1 unspecified atom stereocenters. The lowest BCUT2D eigenvalue weighted by atomic mass is 9.98. The molecule has 1 aromatic heterocycles. The maximum absolute atomic E-state index is 4.76. The number of thioether (sulfide) groups is 1. The maximum atomic E-state index is 4.76. The normalized spacial score (nSPS) is 20.7. The van der Waals surface area contributed by atoms with E-state index in [-0.39, 0.29) is 0 Å².